The van der Waals surface area contributed by atoms with Crippen molar-refractivity contribution in [1.82, 2.24) is 18.7 Å². The molecule has 0 saturated heterocycles. The minimum Gasteiger partial charge on any atom is -1.00 e. The number of fused-ring (bicyclic) bond motifs is 1. The minimum atomic E-state index is -0.360. The number of rotatable bonds is 0. The summed E-state index contributed by atoms with van der Waals surface area (Å²) >= 11 is 0. The predicted octanol–water partition coefficient (Wildman–Crippen LogP) is -7.02. The molecule has 0 atom stereocenters. The van der Waals surface area contributed by atoms with E-state index in [1.54, 1.807) is 18.7 Å². The zero-order chi connectivity index (χ0) is 10.5. The fourth-order valence-electron chi connectivity index (χ4n) is 1.47. The molecule has 0 unspecified atom stereocenters. The summed E-state index contributed by atoms with van der Waals surface area (Å²) in [6, 6.07) is 0. The first-order valence-corrected chi connectivity index (χ1v) is 4.11. The van der Waals surface area contributed by atoms with Crippen LogP contribution < -0.4 is 36.1 Å². The van der Waals surface area contributed by atoms with Crippen molar-refractivity contribution in [1.29, 1.82) is 0 Å². The molecule has 6 nitrogen and oxygen atoms in total. The van der Waals surface area contributed by atoms with Crippen molar-refractivity contribution in [2.24, 2.45) is 21.1 Å². The maximum atomic E-state index is 11.7. The molecule has 2 rings (SSSR count). The molecule has 9 heteroatoms. The van der Waals surface area contributed by atoms with Gasteiger partial charge in [0.25, 0.3) is 5.56 Å². The summed E-state index contributed by atoms with van der Waals surface area (Å²) in [4.78, 5) is 27.2. The molecule has 0 saturated carbocycles. The number of hydrogen-bond acceptors (Lipinski definition) is 3. The van der Waals surface area contributed by atoms with Gasteiger partial charge in [0.15, 0.2) is 11.2 Å². The summed E-state index contributed by atoms with van der Waals surface area (Å²) in [6.07, 6.45) is 1.52. The third-order valence-corrected chi connectivity index (χ3v) is 2.32. The minimum absolute atomic E-state index is 0. The molecule has 2 heterocycles. The Morgan fingerprint density at radius 3 is 2.12 bits per heavy atom. The van der Waals surface area contributed by atoms with E-state index in [0.717, 1.165) is 4.57 Å². The van der Waals surface area contributed by atoms with Gasteiger partial charge in [0.05, 0.1) is 6.33 Å². The van der Waals surface area contributed by atoms with E-state index in [9.17, 15) is 9.59 Å². The zero-order valence-electron chi connectivity index (χ0n) is 9.25. The van der Waals surface area contributed by atoms with Crippen molar-refractivity contribution in [2.75, 3.05) is 0 Å². The van der Waals surface area contributed by atoms with Crippen molar-refractivity contribution in [2.45, 2.75) is 0 Å². The van der Waals surface area contributed by atoms with Gasteiger partial charge in [-0.15, -0.1) is 0 Å². The van der Waals surface area contributed by atoms with Crippen LogP contribution in [-0.2, 0) is 42.2 Å². The molecule has 0 amide bonds. The van der Waals surface area contributed by atoms with Gasteiger partial charge in [-0.2, -0.15) is 0 Å². The van der Waals surface area contributed by atoms with Gasteiger partial charge in [0, 0.05) is 21.1 Å². The van der Waals surface area contributed by atoms with Crippen LogP contribution in [0.15, 0.2) is 15.9 Å². The standard InChI is InChI=1S/C8H10N4O2.2ClH.Pt/c1-10-4-9-6-5(10)7(13)12(3)8(14)11(6)2;;;/h4H,1-3H3;2*1H;/q;;;+2/p-2. The van der Waals surface area contributed by atoms with Crippen LogP contribution in [0, 0.1) is 0 Å². The molecule has 2 aromatic heterocycles. The van der Waals surface area contributed by atoms with Crippen LogP contribution in [0.3, 0.4) is 0 Å². The van der Waals surface area contributed by atoms with Crippen LogP contribution in [0.5, 0.6) is 0 Å². The van der Waals surface area contributed by atoms with Crippen LogP contribution in [-0.4, -0.2) is 18.7 Å². The predicted molar refractivity (Wildman–Crippen MR) is 51.2 cm³/mol. The van der Waals surface area contributed by atoms with Crippen molar-refractivity contribution in [3.05, 3.63) is 27.2 Å². The Bertz CT molecular complexity index is 631. The molecule has 0 aliphatic carbocycles. The average Bonchev–Trinajstić information content (AvgIpc) is 2.54. The molecular weight excluding hydrogens is 450 g/mol. The van der Waals surface area contributed by atoms with Crippen molar-refractivity contribution in [3.63, 3.8) is 0 Å². The molecule has 0 aromatic carbocycles. The number of imidazole rings is 1. The number of nitrogens with zero attached hydrogens (tertiary/aromatic N) is 4. The first kappa shape index (κ1) is 18.8. The smallest absolute Gasteiger partial charge is 1.00 e. The maximum Gasteiger partial charge on any atom is 2.00 e. The van der Waals surface area contributed by atoms with Gasteiger partial charge in [-0.05, 0) is 0 Å². The summed E-state index contributed by atoms with van der Waals surface area (Å²) in [5.74, 6) is 0. The van der Waals surface area contributed by atoms with Gasteiger partial charge in [0.1, 0.15) is 0 Å². The van der Waals surface area contributed by atoms with Crippen LogP contribution in [0.4, 0.5) is 0 Å². The summed E-state index contributed by atoms with van der Waals surface area (Å²) in [5, 5.41) is 0. The summed E-state index contributed by atoms with van der Waals surface area (Å²) in [6.45, 7) is 0. The molecule has 0 spiro atoms. The van der Waals surface area contributed by atoms with Crippen molar-refractivity contribution in [3.8, 4) is 0 Å². The Kier molecular flexibility index (Phi) is 7.04. The largest absolute Gasteiger partial charge is 2.00 e. The van der Waals surface area contributed by atoms with E-state index in [1.165, 1.54) is 17.9 Å². The molecule has 2 aromatic rings. The normalized spacial score (nSPS) is 9.12. The van der Waals surface area contributed by atoms with E-state index in [2.05, 4.69) is 4.98 Å². The number of halogens is 2. The van der Waals surface area contributed by atoms with Gasteiger partial charge < -0.3 is 29.4 Å². The zero-order valence-corrected chi connectivity index (χ0v) is 13.0. The molecule has 0 fully saturated rings. The summed E-state index contributed by atoms with van der Waals surface area (Å²) in [7, 11) is 4.77. The van der Waals surface area contributed by atoms with Gasteiger partial charge >= 0.3 is 26.8 Å². The van der Waals surface area contributed by atoms with Crippen LogP contribution >= 0.6 is 0 Å². The Morgan fingerprint density at radius 2 is 1.59 bits per heavy atom. The Labute approximate surface area is 124 Å². The molecule has 98 valence electrons. The summed E-state index contributed by atoms with van der Waals surface area (Å²) < 4.78 is 4.04. The van der Waals surface area contributed by atoms with Gasteiger partial charge in [-0.1, -0.05) is 0 Å². The number of hydrogen-bond donors (Lipinski definition) is 0. The second kappa shape index (κ2) is 6.38. The van der Waals surface area contributed by atoms with Crippen LogP contribution in [0.2, 0.25) is 0 Å². The maximum absolute atomic E-state index is 11.7. The molecule has 0 radical (unpaired) electrons. The summed E-state index contributed by atoms with van der Waals surface area (Å²) in [5.41, 5.74) is 0.180. The van der Waals surface area contributed by atoms with Crippen LogP contribution in [0.25, 0.3) is 11.2 Å². The third kappa shape index (κ3) is 2.64. The van der Waals surface area contributed by atoms with E-state index in [-0.39, 0.29) is 57.1 Å². The molecule has 0 N–H and O–H groups in total. The molecule has 0 aliphatic heterocycles. The van der Waals surface area contributed by atoms with Gasteiger partial charge in [-0.25, -0.2) is 9.78 Å². The Morgan fingerprint density at radius 1 is 1.06 bits per heavy atom. The fourth-order valence-corrected chi connectivity index (χ4v) is 1.47. The second-order valence-electron chi connectivity index (χ2n) is 3.23. The monoisotopic (exact) mass is 459 g/mol. The first-order valence-electron chi connectivity index (χ1n) is 4.11. The second-order valence-corrected chi connectivity index (χ2v) is 3.23. The van der Waals surface area contributed by atoms with Gasteiger partial charge in [-0.3, -0.25) is 13.9 Å². The van der Waals surface area contributed by atoms with E-state index < -0.39 is 0 Å². The topological polar surface area (TPSA) is 61.8 Å². The third-order valence-electron chi connectivity index (χ3n) is 2.32. The molecular formula is C8H10Cl2N4O2Pt. The number of aryl methyl sites for hydroxylation is 2. The van der Waals surface area contributed by atoms with E-state index in [4.69, 9.17) is 0 Å². The fraction of sp³-hybridized carbons (Fsp3) is 0.375. The SMILES string of the molecule is Cn1c(=O)c2c(ncn2C)n(C)c1=O.[Cl-].[Cl-].[Pt+2]. The Hall–Kier alpha value is -0.582. The Balaban J connectivity index is 0. The van der Waals surface area contributed by atoms with Crippen molar-refractivity contribution < 1.29 is 45.9 Å². The molecule has 0 bridgehead atoms. The van der Waals surface area contributed by atoms with Crippen molar-refractivity contribution >= 4 is 11.2 Å². The average molecular weight is 460 g/mol. The molecule has 17 heavy (non-hydrogen) atoms. The van der Waals surface area contributed by atoms with E-state index >= 15 is 0 Å². The molecule has 0 aliphatic rings. The quantitative estimate of drug-likeness (QED) is 0.393. The van der Waals surface area contributed by atoms with Gasteiger partial charge in [0.2, 0.25) is 0 Å². The first-order chi connectivity index (χ1) is 6.54. The van der Waals surface area contributed by atoms with E-state index in [1.807, 2.05) is 0 Å². The van der Waals surface area contributed by atoms with Crippen LogP contribution in [0.1, 0.15) is 0 Å². The number of aromatic nitrogens is 4. The van der Waals surface area contributed by atoms with E-state index in [0.29, 0.717) is 11.2 Å².